The van der Waals surface area contributed by atoms with Crippen LogP contribution in [0.4, 0.5) is 18.9 Å². The van der Waals surface area contributed by atoms with Crippen molar-refractivity contribution in [2.24, 2.45) is 0 Å². The number of ether oxygens (including phenoxy) is 2. The minimum Gasteiger partial charge on any atom is -0.488 e. The Bertz CT molecular complexity index is 1070. The summed E-state index contributed by atoms with van der Waals surface area (Å²) in [6, 6.07) is 18.9. The van der Waals surface area contributed by atoms with Gasteiger partial charge in [0.15, 0.2) is 0 Å². The van der Waals surface area contributed by atoms with Crippen molar-refractivity contribution in [2.45, 2.75) is 13.0 Å². The molecule has 3 aromatic rings. The van der Waals surface area contributed by atoms with Crippen LogP contribution in [0.5, 0.6) is 11.5 Å². The molecule has 3 rings (SSSR count). The van der Waals surface area contributed by atoms with E-state index < -0.39 is 24.0 Å². The normalized spacial score (nSPS) is 10.9. The molecule has 2 N–H and O–H groups in total. The van der Waals surface area contributed by atoms with Gasteiger partial charge >= 0.3 is 18.2 Å². The highest BCUT2D eigenvalue weighted by molar-refractivity contribution is 6.36. The van der Waals surface area contributed by atoms with E-state index in [-0.39, 0.29) is 12.3 Å². The third-order valence-corrected chi connectivity index (χ3v) is 4.07. The molecular weight excluding hydrogens is 415 g/mol. The number of hydrogen-bond donors (Lipinski definition) is 2. The second-order valence-electron chi connectivity index (χ2n) is 6.32. The number of halogens is 3. The summed E-state index contributed by atoms with van der Waals surface area (Å²) < 4.78 is 46.9. The highest BCUT2D eigenvalue weighted by Gasteiger charge is 2.31. The molecule has 0 spiro atoms. The molecule has 0 saturated carbocycles. The number of amides is 1. The van der Waals surface area contributed by atoms with Gasteiger partial charge in [-0.2, -0.15) is 0 Å². The molecule has 0 aliphatic heterocycles. The van der Waals surface area contributed by atoms with Crippen molar-refractivity contribution in [3.8, 4) is 22.6 Å². The summed E-state index contributed by atoms with van der Waals surface area (Å²) in [5.41, 5.74) is 2.00. The zero-order chi connectivity index (χ0) is 22.4. The summed E-state index contributed by atoms with van der Waals surface area (Å²) in [7, 11) is 0. The number of carbonyl (C=O) groups excluding carboxylic acids is 1. The summed E-state index contributed by atoms with van der Waals surface area (Å²) >= 11 is 0. The highest BCUT2D eigenvalue weighted by Crippen LogP contribution is 2.35. The molecule has 0 bridgehead atoms. The van der Waals surface area contributed by atoms with Crippen LogP contribution in [0.3, 0.4) is 0 Å². The van der Waals surface area contributed by atoms with Gasteiger partial charge in [0.25, 0.3) is 0 Å². The maximum Gasteiger partial charge on any atom is 0.573 e. The van der Waals surface area contributed by atoms with Crippen molar-refractivity contribution in [1.82, 2.24) is 0 Å². The molecule has 0 aliphatic rings. The Kier molecular flexibility index (Phi) is 6.44. The fourth-order valence-corrected chi connectivity index (χ4v) is 2.72. The Hall–Kier alpha value is -4.01. The Morgan fingerprint density at radius 2 is 1.61 bits per heavy atom. The minimum atomic E-state index is -4.81. The molecule has 3 aromatic carbocycles. The minimum absolute atomic E-state index is 0.185. The molecule has 0 unspecified atom stereocenters. The predicted molar refractivity (Wildman–Crippen MR) is 106 cm³/mol. The molecule has 6 nitrogen and oxygen atoms in total. The van der Waals surface area contributed by atoms with E-state index in [1.165, 1.54) is 30.3 Å². The number of aliphatic carboxylic acids is 1. The van der Waals surface area contributed by atoms with Gasteiger partial charge in [0.1, 0.15) is 18.1 Å². The second-order valence-corrected chi connectivity index (χ2v) is 6.32. The first-order valence-corrected chi connectivity index (χ1v) is 8.92. The van der Waals surface area contributed by atoms with E-state index in [1.807, 2.05) is 30.3 Å². The quantitative estimate of drug-likeness (QED) is 0.545. The number of alkyl halides is 3. The van der Waals surface area contributed by atoms with Crippen LogP contribution >= 0.6 is 0 Å². The van der Waals surface area contributed by atoms with Crippen LogP contribution < -0.4 is 14.8 Å². The molecule has 0 aromatic heterocycles. The Morgan fingerprint density at radius 3 is 2.23 bits per heavy atom. The topological polar surface area (TPSA) is 84.9 Å². The van der Waals surface area contributed by atoms with Gasteiger partial charge in [-0.05, 0) is 41.5 Å². The molecule has 0 heterocycles. The third kappa shape index (κ3) is 6.23. The average molecular weight is 431 g/mol. The summed E-state index contributed by atoms with van der Waals surface area (Å²) in [6.07, 6.45) is -4.81. The lowest BCUT2D eigenvalue weighted by Crippen LogP contribution is -2.21. The highest BCUT2D eigenvalue weighted by atomic mass is 19.4. The molecule has 9 heteroatoms. The van der Waals surface area contributed by atoms with Crippen molar-refractivity contribution in [3.63, 3.8) is 0 Å². The Morgan fingerprint density at radius 1 is 0.935 bits per heavy atom. The third-order valence-electron chi connectivity index (χ3n) is 4.07. The smallest absolute Gasteiger partial charge is 0.488 e. The van der Waals surface area contributed by atoms with Crippen molar-refractivity contribution < 1.29 is 37.3 Å². The fraction of sp³-hybridized carbons (Fsp3) is 0.0909. The summed E-state index contributed by atoms with van der Waals surface area (Å²) in [5, 5.41) is 11.0. The molecule has 160 valence electrons. The van der Waals surface area contributed by atoms with E-state index in [9.17, 15) is 22.8 Å². The number of carboxylic acid groups (broad SMARTS) is 1. The molecule has 0 radical (unpaired) electrons. The van der Waals surface area contributed by atoms with Crippen molar-refractivity contribution in [3.05, 3.63) is 78.4 Å². The molecule has 1 amide bonds. The number of anilines is 1. The van der Waals surface area contributed by atoms with E-state index in [4.69, 9.17) is 9.84 Å². The van der Waals surface area contributed by atoms with Gasteiger partial charge in [-0.1, -0.05) is 42.5 Å². The van der Waals surface area contributed by atoms with Crippen LogP contribution in [0.2, 0.25) is 0 Å². The van der Waals surface area contributed by atoms with Crippen LogP contribution in [-0.2, 0) is 16.2 Å². The van der Waals surface area contributed by atoms with Gasteiger partial charge in [-0.3, -0.25) is 4.79 Å². The number of rotatable bonds is 6. The Labute approximate surface area is 174 Å². The molecule has 31 heavy (non-hydrogen) atoms. The molecule has 0 fully saturated rings. The van der Waals surface area contributed by atoms with E-state index in [1.54, 1.807) is 0 Å². The van der Waals surface area contributed by atoms with E-state index in [2.05, 4.69) is 10.1 Å². The first-order chi connectivity index (χ1) is 14.7. The van der Waals surface area contributed by atoms with Crippen LogP contribution in [0.15, 0.2) is 72.8 Å². The number of nitrogens with one attached hydrogen (secondary N) is 1. The van der Waals surface area contributed by atoms with E-state index in [0.717, 1.165) is 17.7 Å². The predicted octanol–water partition coefficient (Wildman–Crippen LogP) is 4.85. The van der Waals surface area contributed by atoms with Gasteiger partial charge in [0.2, 0.25) is 0 Å². The zero-order valence-corrected chi connectivity index (χ0v) is 15.8. The molecule has 0 atom stereocenters. The zero-order valence-electron chi connectivity index (χ0n) is 15.8. The lowest BCUT2D eigenvalue weighted by atomic mass is 10.0. The van der Waals surface area contributed by atoms with Crippen LogP contribution in [0, 0.1) is 0 Å². The largest absolute Gasteiger partial charge is 0.573 e. The van der Waals surface area contributed by atoms with Crippen molar-refractivity contribution in [2.75, 3.05) is 5.32 Å². The van der Waals surface area contributed by atoms with Crippen LogP contribution in [-0.4, -0.2) is 23.3 Å². The average Bonchev–Trinajstić information content (AvgIpc) is 2.73. The number of benzene rings is 3. The van der Waals surface area contributed by atoms with E-state index >= 15 is 0 Å². The maximum absolute atomic E-state index is 12.4. The van der Waals surface area contributed by atoms with Crippen LogP contribution in [0.1, 0.15) is 5.56 Å². The van der Waals surface area contributed by atoms with Crippen molar-refractivity contribution >= 4 is 17.6 Å². The molecule has 0 aliphatic carbocycles. The fourth-order valence-electron chi connectivity index (χ4n) is 2.72. The maximum atomic E-state index is 12.4. The number of hydrogen-bond acceptors (Lipinski definition) is 4. The standard InChI is InChI=1S/C22H16F3NO5/c23-22(24,25)31-17-9-6-15(7-10-17)18-12-16(26-20(27)21(28)29)8-11-19(18)30-13-14-4-2-1-3-5-14/h1-12H,13H2,(H,26,27)(H,28,29). The summed E-state index contributed by atoms with van der Waals surface area (Å²) in [4.78, 5) is 22.3. The lowest BCUT2D eigenvalue weighted by molar-refractivity contribution is -0.274. The first kappa shape index (κ1) is 21.7. The molecule has 0 saturated heterocycles. The summed E-state index contributed by atoms with van der Waals surface area (Å²) in [5.74, 6) is -2.88. The Balaban J connectivity index is 1.91. The summed E-state index contributed by atoms with van der Waals surface area (Å²) in [6.45, 7) is 0.226. The second kappa shape index (κ2) is 9.21. The van der Waals surface area contributed by atoms with Crippen molar-refractivity contribution in [1.29, 1.82) is 0 Å². The number of carboxylic acids is 1. The first-order valence-electron chi connectivity index (χ1n) is 8.92. The van der Waals surface area contributed by atoms with Gasteiger partial charge in [0.05, 0.1) is 0 Å². The number of carbonyl (C=O) groups is 2. The van der Waals surface area contributed by atoms with E-state index in [0.29, 0.717) is 16.9 Å². The molecular formula is C22H16F3NO5. The van der Waals surface area contributed by atoms with Gasteiger partial charge in [-0.25, -0.2) is 4.79 Å². The van der Waals surface area contributed by atoms with Gasteiger partial charge in [0, 0.05) is 11.3 Å². The van der Waals surface area contributed by atoms with Crippen LogP contribution in [0.25, 0.3) is 11.1 Å². The van der Waals surface area contributed by atoms with Gasteiger partial charge < -0.3 is 19.9 Å². The lowest BCUT2D eigenvalue weighted by Gasteiger charge is -2.15. The van der Waals surface area contributed by atoms with Gasteiger partial charge in [-0.15, -0.1) is 13.2 Å². The SMILES string of the molecule is O=C(O)C(=O)Nc1ccc(OCc2ccccc2)c(-c2ccc(OC(F)(F)F)cc2)c1. The monoisotopic (exact) mass is 431 g/mol.